The fourth-order valence-electron chi connectivity index (χ4n) is 2.57. The van der Waals surface area contributed by atoms with E-state index in [0.717, 1.165) is 27.4 Å². The van der Waals surface area contributed by atoms with Gasteiger partial charge in [-0.1, -0.05) is 18.2 Å². The molecule has 0 aliphatic heterocycles. The van der Waals surface area contributed by atoms with E-state index in [4.69, 9.17) is 4.74 Å². The number of para-hydroxylation sites is 1. The monoisotopic (exact) mass is 274 g/mol. The van der Waals surface area contributed by atoms with Gasteiger partial charge in [0.2, 0.25) is 0 Å². The van der Waals surface area contributed by atoms with E-state index >= 15 is 0 Å². The smallest absolute Gasteiger partial charge is 0.162 e. The number of nitrogens with one attached hydrogen (secondary N) is 1. The van der Waals surface area contributed by atoms with E-state index in [0.29, 0.717) is 11.6 Å². The largest absolute Gasteiger partial charge is 0.495 e. The standard InChI is InChI=1S/C17H12N3O/c1-21-16-10-15-12(11-5-2-3-6-14(11)20-15)9-13(16)17-18-7-4-8-19-17/h2-9,20H,1H3. The van der Waals surface area contributed by atoms with Gasteiger partial charge in [0.15, 0.2) is 5.82 Å². The summed E-state index contributed by atoms with van der Waals surface area (Å²) in [4.78, 5) is 12.0. The fourth-order valence-corrected chi connectivity index (χ4v) is 2.57. The number of rotatable bonds is 2. The molecule has 0 saturated carbocycles. The number of fused-ring (bicyclic) bond motifs is 3. The third-order valence-corrected chi connectivity index (χ3v) is 3.53. The van der Waals surface area contributed by atoms with Crippen molar-refractivity contribution in [2.45, 2.75) is 0 Å². The normalized spacial score (nSPS) is 11.1. The summed E-state index contributed by atoms with van der Waals surface area (Å²) in [5, 5.41) is 2.25. The van der Waals surface area contributed by atoms with Crippen molar-refractivity contribution < 1.29 is 4.74 Å². The number of hydrogen-bond acceptors (Lipinski definition) is 3. The molecule has 0 aliphatic rings. The number of hydrogen-bond donors (Lipinski definition) is 1. The number of ether oxygens (including phenoxy) is 1. The van der Waals surface area contributed by atoms with Gasteiger partial charge in [-0.25, -0.2) is 9.97 Å². The number of methoxy groups -OCH3 is 1. The summed E-state index contributed by atoms with van der Waals surface area (Å²) in [5.74, 6) is 1.28. The molecule has 4 aromatic rings. The summed E-state index contributed by atoms with van der Waals surface area (Å²) in [6, 6.07) is 15.3. The zero-order valence-electron chi connectivity index (χ0n) is 11.4. The molecule has 4 rings (SSSR count). The first-order valence-electron chi connectivity index (χ1n) is 6.65. The summed E-state index contributed by atoms with van der Waals surface area (Å²) in [6.45, 7) is 0. The summed E-state index contributed by atoms with van der Waals surface area (Å²) in [5.41, 5.74) is 2.85. The van der Waals surface area contributed by atoms with Crippen molar-refractivity contribution in [1.82, 2.24) is 15.0 Å². The van der Waals surface area contributed by atoms with Crippen molar-refractivity contribution >= 4 is 21.8 Å². The molecule has 101 valence electrons. The number of aromatic amines is 1. The molecule has 2 heterocycles. The van der Waals surface area contributed by atoms with Crippen LogP contribution in [0.2, 0.25) is 0 Å². The van der Waals surface area contributed by atoms with Crippen LogP contribution < -0.4 is 4.74 Å². The number of benzene rings is 2. The number of aromatic nitrogens is 3. The van der Waals surface area contributed by atoms with E-state index in [9.17, 15) is 0 Å². The predicted octanol–water partition coefficient (Wildman–Crippen LogP) is 3.59. The highest BCUT2D eigenvalue weighted by atomic mass is 16.5. The molecule has 0 fully saturated rings. The maximum atomic E-state index is 5.45. The minimum atomic E-state index is 0.637. The van der Waals surface area contributed by atoms with Gasteiger partial charge >= 0.3 is 0 Å². The van der Waals surface area contributed by atoms with Crippen LogP contribution in [-0.2, 0) is 0 Å². The van der Waals surface area contributed by atoms with E-state index in [-0.39, 0.29) is 0 Å². The highest BCUT2D eigenvalue weighted by Crippen LogP contribution is 2.34. The van der Waals surface area contributed by atoms with E-state index in [1.54, 1.807) is 25.6 Å². The Bertz CT molecular complexity index is 929. The van der Waals surface area contributed by atoms with Gasteiger partial charge in [0, 0.05) is 28.7 Å². The lowest BCUT2D eigenvalue weighted by atomic mass is 10.1. The third-order valence-electron chi connectivity index (χ3n) is 3.53. The van der Waals surface area contributed by atoms with E-state index in [1.165, 1.54) is 0 Å². The second-order valence-corrected chi connectivity index (χ2v) is 4.75. The molecule has 4 nitrogen and oxygen atoms in total. The number of nitrogens with zero attached hydrogens (tertiary/aromatic N) is 2. The Morgan fingerprint density at radius 1 is 1.05 bits per heavy atom. The summed E-state index contributed by atoms with van der Waals surface area (Å²) in [6.07, 6.45) is 3.45. The summed E-state index contributed by atoms with van der Waals surface area (Å²) >= 11 is 0. The topological polar surface area (TPSA) is 50.8 Å². The van der Waals surface area contributed by atoms with Gasteiger partial charge in [-0.05, 0) is 18.2 Å². The molecule has 1 N–H and O–H groups in total. The Kier molecular flexibility index (Phi) is 2.60. The average Bonchev–Trinajstić information content (AvgIpc) is 2.92. The van der Waals surface area contributed by atoms with Gasteiger partial charge in [0.1, 0.15) is 5.75 Å². The third kappa shape index (κ3) is 1.84. The fraction of sp³-hybridized carbons (Fsp3) is 0.0588. The lowest BCUT2D eigenvalue weighted by Crippen LogP contribution is -1.92. The second-order valence-electron chi connectivity index (χ2n) is 4.75. The molecule has 0 aliphatic carbocycles. The first kappa shape index (κ1) is 11.9. The quantitative estimate of drug-likeness (QED) is 0.607. The highest BCUT2D eigenvalue weighted by Gasteiger charge is 2.13. The van der Waals surface area contributed by atoms with Crippen LogP contribution in [0, 0.1) is 6.07 Å². The number of H-pyrrole nitrogens is 1. The molecule has 4 heteroatoms. The second kappa shape index (κ2) is 4.59. The van der Waals surface area contributed by atoms with Gasteiger partial charge in [-0.2, -0.15) is 0 Å². The van der Waals surface area contributed by atoms with Crippen LogP contribution in [-0.4, -0.2) is 22.1 Å². The van der Waals surface area contributed by atoms with Crippen molar-refractivity contribution in [2.24, 2.45) is 0 Å². The first-order valence-corrected chi connectivity index (χ1v) is 6.65. The van der Waals surface area contributed by atoms with Gasteiger partial charge in [0.05, 0.1) is 24.3 Å². The Hall–Kier alpha value is -2.88. The Labute approximate surface area is 121 Å². The van der Waals surface area contributed by atoms with Crippen molar-refractivity contribution in [3.05, 3.63) is 54.9 Å². The van der Waals surface area contributed by atoms with E-state index in [1.807, 2.05) is 18.2 Å². The Morgan fingerprint density at radius 2 is 1.86 bits per heavy atom. The Morgan fingerprint density at radius 3 is 2.67 bits per heavy atom. The zero-order valence-corrected chi connectivity index (χ0v) is 11.4. The molecule has 0 bridgehead atoms. The predicted molar refractivity (Wildman–Crippen MR) is 82.2 cm³/mol. The molecular weight excluding hydrogens is 262 g/mol. The van der Waals surface area contributed by atoms with Crippen LogP contribution in [0.15, 0.2) is 48.8 Å². The van der Waals surface area contributed by atoms with Gasteiger partial charge in [-0.3, -0.25) is 0 Å². The van der Waals surface area contributed by atoms with Crippen LogP contribution in [0.3, 0.4) is 0 Å². The van der Waals surface area contributed by atoms with Crippen LogP contribution in [0.1, 0.15) is 0 Å². The van der Waals surface area contributed by atoms with Crippen molar-refractivity contribution in [2.75, 3.05) is 7.11 Å². The van der Waals surface area contributed by atoms with Crippen LogP contribution in [0.4, 0.5) is 0 Å². The Balaban J connectivity index is 2.08. The van der Waals surface area contributed by atoms with Crippen molar-refractivity contribution in [3.8, 4) is 17.1 Å². The molecule has 0 unspecified atom stereocenters. The summed E-state index contributed by atoms with van der Waals surface area (Å²) < 4.78 is 5.45. The molecule has 0 saturated heterocycles. The van der Waals surface area contributed by atoms with E-state index < -0.39 is 0 Å². The minimum Gasteiger partial charge on any atom is -0.495 e. The van der Waals surface area contributed by atoms with Crippen LogP contribution >= 0.6 is 0 Å². The molecule has 0 spiro atoms. The first-order chi connectivity index (χ1) is 10.4. The molecule has 0 amide bonds. The SMILES string of the molecule is COc1[c]c2[nH]c3ccccc3c2cc1-c1ncccn1. The maximum Gasteiger partial charge on any atom is 0.162 e. The summed E-state index contributed by atoms with van der Waals surface area (Å²) in [7, 11) is 1.63. The minimum absolute atomic E-state index is 0.637. The molecule has 0 atom stereocenters. The van der Waals surface area contributed by atoms with Crippen molar-refractivity contribution in [1.29, 1.82) is 0 Å². The van der Waals surface area contributed by atoms with Crippen LogP contribution in [0.25, 0.3) is 33.2 Å². The van der Waals surface area contributed by atoms with Gasteiger partial charge in [-0.15, -0.1) is 0 Å². The molecule has 2 aromatic carbocycles. The molecule has 1 radical (unpaired) electrons. The lowest BCUT2D eigenvalue weighted by Gasteiger charge is -2.07. The zero-order chi connectivity index (χ0) is 14.2. The lowest BCUT2D eigenvalue weighted by molar-refractivity contribution is 0.416. The van der Waals surface area contributed by atoms with Gasteiger partial charge in [0.25, 0.3) is 0 Å². The van der Waals surface area contributed by atoms with E-state index in [2.05, 4.69) is 33.2 Å². The van der Waals surface area contributed by atoms with Gasteiger partial charge < -0.3 is 9.72 Å². The molecule has 2 aromatic heterocycles. The maximum absolute atomic E-state index is 5.45. The van der Waals surface area contributed by atoms with Crippen molar-refractivity contribution in [3.63, 3.8) is 0 Å². The van der Waals surface area contributed by atoms with Crippen LogP contribution in [0.5, 0.6) is 5.75 Å². The average molecular weight is 274 g/mol. The molecular formula is C17H12N3O. The highest BCUT2D eigenvalue weighted by molar-refractivity contribution is 6.08. The molecule has 21 heavy (non-hydrogen) atoms.